The fraction of sp³-hybridized carbons (Fsp3) is 1.00. The molecule has 0 aliphatic rings. The molecule has 0 aromatic carbocycles. The van der Waals surface area contributed by atoms with Crippen LogP contribution in [0.25, 0.3) is 0 Å². The van der Waals surface area contributed by atoms with E-state index in [4.69, 9.17) is 10.4 Å². The maximum atomic E-state index is 8.42. The Morgan fingerprint density at radius 3 is 1.67 bits per heavy atom. The first kappa shape index (κ1) is 8.72. The summed E-state index contributed by atoms with van der Waals surface area (Å²) >= 11 is 0. The van der Waals surface area contributed by atoms with Crippen LogP contribution in [0.4, 0.5) is 0 Å². The van der Waals surface area contributed by atoms with Crippen LogP contribution in [0.1, 0.15) is 0 Å². The van der Waals surface area contributed by atoms with Crippen molar-refractivity contribution < 1.29 is 15.4 Å². The summed E-state index contributed by atoms with van der Waals surface area (Å²) in [5, 5.41) is 17.3. The second-order valence-electron chi connectivity index (χ2n) is 1.07. The molecule has 0 unspecified atom stereocenters. The fourth-order valence-electron chi connectivity index (χ4n) is 0.155. The summed E-state index contributed by atoms with van der Waals surface area (Å²) in [6.45, 7) is 0. The van der Waals surface area contributed by atoms with Crippen LogP contribution < -0.4 is 10.9 Å². The Morgan fingerprint density at radius 1 is 1.11 bits per heavy atom. The molecule has 0 spiro atoms. The molecular formula is C2H10N4O3. The van der Waals surface area contributed by atoms with Gasteiger partial charge in [-0.1, -0.05) is 0 Å². The van der Waals surface area contributed by atoms with Gasteiger partial charge in [-0.15, -0.1) is 4.94 Å². The lowest BCUT2D eigenvalue weighted by Crippen LogP contribution is -2.42. The topological polar surface area (TPSA) is 80.2 Å². The minimum absolute atomic E-state index is 0.219. The summed E-state index contributed by atoms with van der Waals surface area (Å²) in [4.78, 5) is 4.10. The van der Waals surface area contributed by atoms with E-state index in [1.807, 2.05) is 0 Å². The van der Waals surface area contributed by atoms with Crippen molar-refractivity contribution in [2.45, 2.75) is 0 Å². The molecule has 0 fully saturated rings. The third-order valence-corrected chi connectivity index (χ3v) is 0.537. The largest absolute Gasteiger partial charge is 0.274 e. The lowest BCUT2D eigenvalue weighted by Gasteiger charge is -2.16. The predicted molar refractivity (Wildman–Crippen MR) is 26.5 cm³/mol. The van der Waals surface area contributed by atoms with Crippen molar-refractivity contribution in [3.8, 4) is 0 Å². The number of hydrazine groups is 2. The highest BCUT2D eigenvalue weighted by atomic mass is 17.1. The van der Waals surface area contributed by atoms with Crippen LogP contribution in [-0.2, 0) is 4.94 Å². The fourth-order valence-corrected chi connectivity index (χ4v) is 0.155. The molecule has 0 aromatic heterocycles. The monoisotopic (exact) mass is 138 g/mol. The summed E-state index contributed by atoms with van der Waals surface area (Å²) in [7, 11) is 2.81. The highest BCUT2D eigenvalue weighted by molar-refractivity contribution is 3.95. The van der Waals surface area contributed by atoms with Gasteiger partial charge in [-0.05, 0) is 0 Å². The summed E-state index contributed by atoms with van der Waals surface area (Å²) in [6, 6.07) is 0. The van der Waals surface area contributed by atoms with Crippen LogP contribution >= 0.6 is 0 Å². The summed E-state index contributed by atoms with van der Waals surface area (Å²) < 4.78 is 0. The number of nitrogens with one attached hydrogen (secondary N) is 2. The van der Waals surface area contributed by atoms with Gasteiger partial charge in [0.2, 0.25) is 0 Å². The zero-order valence-electron chi connectivity index (χ0n) is 5.20. The first-order chi connectivity index (χ1) is 4.20. The molecule has 0 saturated heterocycles. The van der Waals surface area contributed by atoms with Gasteiger partial charge in [0.05, 0.1) is 0 Å². The van der Waals surface area contributed by atoms with Gasteiger partial charge in [0.25, 0.3) is 0 Å². The molecule has 0 rings (SSSR count). The summed E-state index contributed by atoms with van der Waals surface area (Å²) in [5.74, 6) is 0. The molecule has 0 bridgehead atoms. The molecule has 7 nitrogen and oxygen atoms in total. The zero-order valence-corrected chi connectivity index (χ0v) is 5.20. The van der Waals surface area contributed by atoms with Gasteiger partial charge in [0.15, 0.2) is 0 Å². The van der Waals surface area contributed by atoms with Crippen LogP contribution in [0.15, 0.2) is 0 Å². The Kier molecular flexibility index (Phi) is 4.44. The quantitative estimate of drug-likeness (QED) is 0.351. The van der Waals surface area contributed by atoms with Crippen LogP contribution in [0.5, 0.6) is 0 Å². The SMILES string of the molecule is CNN(O)ON(O)NC. The van der Waals surface area contributed by atoms with Crippen molar-refractivity contribution in [1.29, 1.82) is 0 Å². The molecule has 4 N–H and O–H groups in total. The lowest BCUT2D eigenvalue weighted by atomic mass is 11.5. The van der Waals surface area contributed by atoms with Crippen molar-refractivity contribution in [1.82, 2.24) is 21.5 Å². The van der Waals surface area contributed by atoms with Crippen molar-refractivity contribution in [3.63, 3.8) is 0 Å². The smallest absolute Gasteiger partial charge is 0.0301 e. The Morgan fingerprint density at radius 2 is 1.44 bits per heavy atom. The molecule has 0 aliphatic carbocycles. The van der Waals surface area contributed by atoms with Gasteiger partial charge in [-0.3, -0.25) is 10.4 Å². The van der Waals surface area contributed by atoms with Crippen LogP contribution in [0.3, 0.4) is 0 Å². The van der Waals surface area contributed by atoms with Crippen LogP contribution in [0.2, 0.25) is 0 Å². The standard InChI is InChI=1S/C2H10N4O3/c1-3-5(7)9-6(8)4-2/h3-4,7-8H,1-2H3. The van der Waals surface area contributed by atoms with Gasteiger partial charge in [-0.2, -0.15) is 0 Å². The normalized spacial score (nSPS) is 11.3. The van der Waals surface area contributed by atoms with Crippen LogP contribution in [0, 0.1) is 0 Å². The highest BCUT2D eigenvalue weighted by Crippen LogP contribution is 1.77. The Bertz CT molecular complexity index is 62.8. The Labute approximate surface area is 52.2 Å². The van der Waals surface area contributed by atoms with Crippen molar-refractivity contribution >= 4 is 0 Å². The maximum absolute atomic E-state index is 8.42. The number of hydrogen-bond acceptors (Lipinski definition) is 7. The average molecular weight is 138 g/mol. The van der Waals surface area contributed by atoms with Gasteiger partial charge in [0.1, 0.15) is 0 Å². The first-order valence-corrected chi connectivity index (χ1v) is 2.21. The third kappa shape index (κ3) is 4.24. The van der Waals surface area contributed by atoms with E-state index in [-0.39, 0.29) is 10.7 Å². The van der Waals surface area contributed by atoms with Crippen molar-refractivity contribution in [2.75, 3.05) is 14.1 Å². The second-order valence-corrected chi connectivity index (χ2v) is 1.07. The average Bonchev–Trinajstić information content (AvgIpc) is 1.87. The van der Waals surface area contributed by atoms with Gasteiger partial charge in [-0.25, -0.2) is 10.9 Å². The van der Waals surface area contributed by atoms with E-state index < -0.39 is 0 Å². The second kappa shape index (κ2) is 4.58. The summed E-state index contributed by atoms with van der Waals surface area (Å²) in [6.07, 6.45) is 0. The molecule has 0 atom stereocenters. The molecular weight excluding hydrogens is 128 g/mol. The van der Waals surface area contributed by atoms with Crippen molar-refractivity contribution in [2.24, 2.45) is 0 Å². The molecule has 7 heteroatoms. The van der Waals surface area contributed by atoms with Crippen molar-refractivity contribution in [3.05, 3.63) is 0 Å². The summed E-state index contributed by atoms with van der Waals surface area (Å²) in [5.41, 5.74) is 4.31. The van der Waals surface area contributed by atoms with E-state index in [0.717, 1.165) is 0 Å². The van der Waals surface area contributed by atoms with Gasteiger partial charge in [0, 0.05) is 24.8 Å². The minimum atomic E-state index is 0.219. The molecule has 56 valence electrons. The minimum Gasteiger partial charge on any atom is -0.274 e. The molecule has 0 aliphatic heterocycles. The van der Waals surface area contributed by atoms with E-state index in [0.29, 0.717) is 0 Å². The molecule has 0 radical (unpaired) electrons. The van der Waals surface area contributed by atoms with E-state index in [2.05, 4.69) is 15.8 Å². The van der Waals surface area contributed by atoms with E-state index in [1.54, 1.807) is 0 Å². The highest BCUT2D eigenvalue weighted by Gasteiger charge is 2.00. The Hall–Kier alpha value is -0.280. The zero-order chi connectivity index (χ0) is 7.28. The number of hydrogen-bond donors (Lipinski definition) is 4. The van der Waals surface area contributed by atoms with E-state index in [9.17, 15) is 0 Å². The number of rotatable bonds is 4. The number of nitrogens with zero attached hydrogens (tertiary/aromatic N) is 2. The van der Waals surface area contributed by atoms with E-state index >= 15 is 0 Å². The third-order valence-electron chi connectivity index (χ3n) is 0.537. The lowest BCUT2D eigenvalue weighted by molar-refractivity contribution is -0.539. The van der Waals surface area contributed by atoms with Crippen LogP contribution in [-0.4, -0.2) is 35.2 Å². The molecule has 0 heterocycles. The molecule has 9 heavy (non-hydrogen) atoms. The maximum Gasteiger partial charge on any atom is 0.0301 e. The molecule has 0 amide bonds. The molecule has 0 saturated carbocycles. The van der Waals surface area contributed by atoms with Gasteiger partial charge >= 0.3 is 0 Å². The molecule has 0 aromatic rings. The first-order valence-electron chi connectivity index (χ1n) is 2.21. The van der Waals surface area contributed by atoms with E-state index in [1.165, 1.54) is 14.1 Å². The Balaban J connectivity index is 3.22. The predicted octanol–water partition coefficient (Wildman–Crippen LogP) is -1.52. The van der Waals surface area contributed by atoms with Gasteiger partial charge < -0.3 is 0 Å².